The van der Waals surface area contributed by atoms with E-state index in [1.165, 1.54) is 0 Å². The molecule has 2 aromatic heterocycles. The van der Waals surface area contributed by atoms with Gasteiger partial charge in [-0.05, 0) is 36.8 Å². The number of hydrogen-bond donors (Lipinski definition) is 1. The van der Waals surface area contributed by atoms with Crippen LogP contribution < -0.4 is 5.32 Å². The summed E-state index contributed by atoms with van der Waals surface area (Å²) in [5, 5.41) is 2.34. The van der Waals surface area contributed by atoms with Gasteiger partial charge in [-0.2, -0.15) is 26.3 Å². The molecule has 0 spiro atoms. The molecule has 1 aromatic carbocycles. The van der Waals surface area contributed by atoms with Crippen LogP contribution in [0.3, 0.4) is 0 Å². The van der Waals surface area contributed by atoms with Crippen molar-refractivity contribution in [2.75, 3.05) is 6.54 Å². The molecule has 0 aliphatic heterocycles. The second kappa shape index (κ2) is 7.41. The van der Waals surface area contributed by atoms with E-state index in [2.05, 4.69) is 10.3 Å². The molecule has 0 unspecified atom stereocenters. The van der Waals surface area contributed by atoms with Crippen LogP contribution in [0.25, 0.3) is 5.65 Å². The summed E-state index contributed by atoms with van der Waals surface area (Å²) < 4.78 is 79.1. The summed E-state index contributed by atoms with van der Waals surface area (Å²) in [5.74, 6) is -1.03. The molecule has 0 saturated heterocycles. The molecule has 0 aliphatic carbocycles. The number of aromatic nitrogens is 2. The Bertz CT molecular complexity index is 1020. The van der Waals surface area contributed by atoms with Crippen LogP contribution in [-0.2, 0) is 18.8 Å². The number of rotatable bonds is 4. The number of fused-ring (bicyclic) bond motifs is 1. The van der Waals surface area contributed by atoms with Crippen LogP contribution in [0, 0.1) is 6.92 Å². The zero-order chi connectivity index (χ0) is 21.4. The van der Waals surface area contributed by atoms with E-state index in [1.807, 2.05) is 19.2 Å². The number of hydrogen-bond acceptors (Lipinski definition) is 2. The average Bonchev–Trinajstić information content (AvgIpc) is 3.01. The van der Waals surface area contributed by atoms with E-state index in [-0.39, 0.29) is 19.0 Å². The van der Waals surface area contributed by atoms with Crippen molar-refractivity contribution < 1.29 is 31.1 Å². The maximum Gasteiger partial charge on any atom is 0.416 e. The van der Waals surface area contributed by atoms with Crippen molar-refractivity contribution in [3.63, 3.8) is 0 Å². The van der Waals surface area contributed by atoms with E-state index >= 15 is 0 Å². The van der Waals surface area contributed by atoms with Gasteiger partial charge in [0, 0.05) is 30.9 Å². The minimum Gasteiger partial charge on any atom is -0.352 e. The number of imidazole rings is 1. The summed E-state index contributed by atoms with van der Waals surface area (Å²) in [6, 6.07) is 4.46. The third kappa shape index (κ3) is 4.87. The minimum atomic E-state index is -5.01. The van der Waals surface area contributed by atoms with Gasteiger partial charge < -0.3 is 9.72 Å². The Hall–Kier alpha value is -3.04. The van der Waals surface area contributed by atoms with Crippen LogP contribution in [0.1, 0.15) is 32.7 Å². The molecule has 0 saturated carbocycles. The highest BCUT2D eigenvalue weighted by atomic mass is 19.4. The molecular weight excluding hydrogens is 400 g/mol. The summed E-state index contributed by atoms with van der Waals surface area (Å²) in [6.07, 6.45) is -6.17. The molecule has 3 rings (SSSR count). The first-order valence-electron chi connectivity index (χ1n) is 8.45. The lowest BCUT2D eigenvalue weighted by molar-refractivity contribution is -0.143. The Labute approximate surface area is 161 Å². The van der Waals surface area contributed by atoms with Gasteiger partial charge in [-0.15, -0.1) is 0 Å². The Morgan fingerprint density at radius 3 is 2.21 bits per heavy atom. The Balaban J connectivity index is 1.74. The number of nitrogens with one attached hydrogen (secondary N) is 1. The Morgan fingerprint density at radius 1 is 1.00 bits per heavy atom. The molecule has 1 amide bonds. The molecule has 0 fully saturated rings. The maximum absolute atomic E-state index is 12.9. The predicted molar refractivity (Wildman–Crippen MR) is 92.4 cm³/mol. The summed E-state index contributed by atoms with van der Waals surface area (Å²) in [7, 11) is 0. The monoisotopic (exact) mass is 415 g/mol. The summed E-state index contributed by atoms with van der Waals surface area (Å²) in [6.45, 7) is 1.91. The standard InChI is InChI=1S/C19H15F6N3O/c1-11-2-3-16-27-15(10-28(16)9-11)4-5-26-17(29)12-6-13(18(20,21)22)8-14(7-12)19(23,24)25/h2-3,6-10H,4-5H2,1H3,(H,26,29). The Morgan fingerprint density at radius 2 is 1.62 bits per heavy atom. The first-order valence-corrected chi connectivity index (χ1v) is 8.45. The van der Waals surface area contributed by atoms with E-state index < -0.39 is 35.0 Å². The lowest BCUT2D eigenvalue weighted by atomic mass is 10.0. The van der Waals surface area contributed by atoms with Crippen LogP contribution >= 0.6 is 0 Å². The van der Waals surface area contributed by atoms with Crippen molar-refractivity contribution in [3.05, 3.63) is 70.7 Å². The van der Waals surface area contributed by atoms with Crippen molar-refractivity contribution in [2.45, 2.75) is 25.7 Å². The van der Waals surface area contributed by atoms with Gasteiger partial charge in [0.25, 0.3) is 5.91 Å². The number of benzene rings is 1. The smallest absolute Gasteiger partial charge is 0.352 e. The van der Waals surface area contributed by atoms with Crippen molar-refractivity contribution in [2.24, 2.45) is 0 Å². The highest BCUT2D eigenvalue weighted by Crippen LogP contribution is 2.36. The lowest BCUT2D eigenvalue weighted by Gasteiger charge is -2.14. The first-order chi connectivity index (χ1) is 13.4. The number of halogens is 6. The SMILES string of the molecule is Cc1ccc2nc(CCNC(=O)c3cc(C(F)(F)F)cc(C(F)(F)F)c3)cn2c1. The van der Waals surface area contributed by atoms with E-state index in [4.69, 9.17) is 0 Å². The van der Waals surface area contributed by atoms with Gasteiger partial charge in [-0.1, -0.05) is 6.07 Å². The van der Waals surface area contributed by atoms with Crippen molar-refractivity contribution in [1.29, 1.82) is 0 Å². The molecule has 1 N–H and O–H groups in total. The second-order valence-electron chi connectivity index (χ2n) is 6.50. The minimum absolute atomic E-state index is 0.000700. The molecule has 154 valence electrons. The fourth-order valence-corrected chi connectivity index (χ4v) is 2.77. The average molecular weight is 415 g/mol. The van der Waals surface area contributed by atoms with Crippen molar-refractivity contribution in [3.8, 4) is 0 Å². The number of carbonyl (C=O) groups is 1. The quantitative estimate of drug-likeness (QED) is 0.631. The molecule has 0 aliphatic rings. The topological polar surface area (TPSA) is 46.4 Å². The van der Waals surface area contributed by atoms with Gasteiger partial charge >= 0.3 is 12.4 Å². The molecule has 29 heavy (non-hydrogen) atoms. The number of nitrogens with zero attached hydrogens (tertiary/aromatic N) is 2. The molecule has 4 nitrogen and oxygen atoms in total. The van der Waals surface area contributed by atoms with Crippen LogP contribution in [0.5, 0.6) is 0 Å². The molecule has 0 bridgehead atoms. The molecule has 0 atom stereocenters. The number of alkyl halides is 6. The molecule has 10 heteroatoms. The predicted octanol–water partition coefficient (Wildman–Crippen LogP) is 4.65. The fourth-order valence-electron chi connectivity index (χ4n) is 2.77. The zero-order valence-electron chi connectivity index (χ0n) is 15.0. The molecular formula is C19H15F6N3O. The number of amides is 1. The Kier molecular flexibility index (Phi) is 5.29. The van der Waals surface area contributed by atoms with Crippen LogP contribution in [0.15, 0.2) is 42.7 Å². The van der Waals surface area contributed by atoms with Gasteiger partial charge in [0.2, 0.25) is 0 Å². The molecule has 0 radical (unpaired) electrons. The van der Waals surface area contributed by atoms with Crippen LogP contribution in [-0.4, -0.2) is 21.8 Å². The number of aryl methyl sites for hydroxylation is 1. The van der Waals surface area contributed by atoms with Gasteiger partial charge in [0.05, 0.1) is 16.8 Å². The van der Waals surface area contributed by atoms with Gasteiger partial charge in [-0.25, -0.2) is 4.98 Å². The van der Waals surface area contributed by atoms with Crippen LogP contribution in [0.4, 0.5) is 26.3 Å². The van der Waals surface area contributed by atoms with E-state index in [9.17, 15) is 31.1 Å². The van der Waals surface area contributed by atoms with Crippen molar-refractivity contribution >= 4 is 11.6 Å². The van der Waals surface area contributed by atoms with Gasteiger partial charge in [0.1, 0.15) is 5.65 Å². The third-order valence-corrected chi connectivity index (χ3v) is 4.17. The number of pyridine rings is 1. The van der Waals surface area contributed by atoms with E-state index in [0.717, 1.165) is 5.56 Å². The summed E-state index contributed by atoms with van der Waals surface area (Å²) in [4.78, 5) is 16.5. The van der Waals surface area contributed by atoms with E-state index in [0.29, 0.717) is 23.5 Å². The molecule has 2 heterocycles. The van der Waals surface area contributed by atoms with Gasteiger partial charge in [-0.3, -0.25) is 4.79 Å². The first kappa shape index (κ1) is 20.7. The highest BCUT2D eigenvalue weighted by Gasteiger charge is 2.37. The van der Waals surface area contributed by atoms with Crippen molar-refractivity contribution in [1.82, 2.24) is 14.7 Å². The summed E-state index contributed by atoms with van der Waals surface area (Å²) >= 11 is 0. The molecule has 3 aromatic rings. The normalized spacial score (nSPS) is 12.4. The third-order valence-electron chi connectivity index (χ3n) is 4.17. The lowest BCUT2D eigenvalue weighted by Crippen LogP contribution is -2.26. The number of carbonyl (C=O) groups excluding carboxylic acids is 1. The van der Waals surface area contributed by atoms with Crippen LogP contribution in [0.2, 0.25) is 0 Å². The zero-order valence-corrected chi connectivity index (χ0v) is 15.0. The largest absolute Gasteiger partial charge is 0.416 e. The maximum atomic E-state index is 12.9. The second-order valence-corrected chi connectivity index (χ2v) is 6.50. The van der Waals surface area contributed by atoms with E-state index in [1.54, 1.807) is 16.7 Å². The fraction of sp³-hybridized carbons (Fsp3) is 0.263. The van der Waals surface area contributed by atoms with Gasteiger partial charge in [0.15, 0.2) is 0 Å². The summed E-state index contributed by atoms with van der Waals surface area (Å²) in [5.41, 5.74) is -1.46. The highest BCUT2D eigenvalue weighted by molar-refractivity contribution is 5.94.